The molecule has 3 aromatic carbocycles. The molecule has 0 fully saturated rings. The van der Waals surface area contributed by atoms with Gasteiger partial charge in [-0.05, 0) is 70.0 Å². The second kappa shape index (κ2) is 12.4. The summed E-state index contributed by atoms with van der Waals surface area (Å²) in [4.78, 5) is 14.5. The Morgan fingerprint density at radius 1 is 0.882 bits per heavy atom. The summed E-state index contributed by atoms with van der Waals surface area (Å²) >= 11 is 0. The van der Waals surface area contributed by atoms with Crippen LogP contribution in [0.3, 0.4) is 0 Å². The summed E-state index contributed by atoms with van der Waals surface area (Å²) in [6.07, 6.45) is 1.00. The first-order valence-electron chi connectivity index (χ1n) is 12.1. The lowest BCUT2D eigenvalue weighted by molar-refractivity contribution is 0.0600. The van der Waals surface area contributed by atoms with Crippen LogP contribution in [0.25, 0.3) is 0 Å². The van der Waals surface area contributed by atoms with Crippen molar-refractivity contribution in [1.82, 2.24) is 4.90 Å². The maximum Gasteiger partial charge on any atom is 0.337 e. The lowest BCUT2D eigenvalue weighted by atomic mass is 9.87. The van der Waals surface area contributed by atoms with Crippen molar-refractivity contribution in [3.63, 3.8) is 0 Å². The molecule has 1 unspecified atom stereocenters. The van der Waals surface area contributed by atoms with Crippen LogP contribution in [-0.4, -0.2) is 36.6 Å². The summed E-state index contributed by atoms with van der Waals surface area (Å²) < 4.78 is 9.97. The van der Waals surface area contributed by atoms with Crippen LogP contribution in [0.15, 0.2) is 78.9 Å². The van der Waals surface area contributed by atoms with E-state index in [1.165, 1.54) is 18.2 Å². The van der Waals surface area contributed by atoms with Crippen molar-refractivity contribution in [3.8, 4) is 5.75 Å². The molecule has 3 aromatic rings. The number of hydrogen-bond acceptors (Lipinski definition) is 4. The second-order valence-electron chi connectivity index (χ2n) is 9.19. The van der Waals surface area contributed by atoms with Gasteiger partial charge in [0.1, 0.15) is 12.4 Å². The van der Waals surface area contributed by atoms with E-state index in [9.17, 15) is 4.79 Å². The number of para-hydroxylation sites is 1. The van der Waals surface area contributed by atoms with E-state index in [0.717, 1.165) is 30.9 Å². The van der Waals surface area contributed by atoms with Crippen LogP contribution in [0, 0.1) is 0 Å². The van der Waals surface area contributed by atoms with E-state index in [1.807, 2.05) is 42.5 Å². The zero-order valence-corrected chi connectivity index (χ0v) is 21.0. The van der Waals surface area contributed by atoms with Crippen molar-refractivity contribution in [1.29, 1.82) is 0 Å². The first kappa shape index (κ1) is 25.5. The Balaban J connectivity index is 0.000000335. The third-order valence-corrected chi connectivity index (χ3v) is 6.27. The number of ether oxygens (including phenoxy) is 2. The fourth-order valence-corrected chi connectivity index (χ4v) is 4.44. The van der Waals surface area contributed by atoms with Gasteiger partial charge in [-0.25, -0.2) is 4.79 Å². The van der Waals surface area contributed by atoms with Gasteiger partial charge in [-0.1, -0.05) is 60.7 Å². The zero-order valence-electron chi connectivity index (χ0n) is 21.0. The SMILES string of the molecule is COC(=O)c1cccc(C(CCN(C(C)C)C(C)C)c2ccccc2)c1.c1ccc2c(c1)CO2. The maximum atomic E-state index is 11.9. The van der Waals surface area contributed by atoms with Crippen LogP contribution < -0.4 is 4.74 Å². The highest BCUT2D eigenvalue weighted by Crippen LogP contribution is 2.30. The van der Waals surface area contributed by atoms with Crippen molar-refractivity contribution in [2.75, 3.05) is 13.7 Å². The Morgan fingerprint density at radius 3 is 2.06 bits per heavy atom. The quantitative estimate of drug-likeness (QED) is 0.352. The Morgan fingerprint density at radius 2 is 1.53 bits per heavy atom. The molecule has 4 rings (SSSR count). The summed E-state index contributed by atoms with van der Waals surface area (Å²) in [5, 5.41) is 0. The average Bonchev–Trinajstić information content (AvgIpc) is 2.82. The van der Waals surface area contributed by atoms with Crippen molar-refractivity contribution < 1.29 is 14.3 Å². The molecule has 1 aliphatic rings. The molecule has 4 nitrogen and oxygen atoms in total. The fourth-order valence-electron chi connectivity index (χ4n) is 4.44. The molecular weight excluding hydrogens is 422 g/mol. The number of fused-ring (bicyclic) bond motifs is 1. The molecule has 0 aliphatic carbocycles. The summed E-state index contributed by atoms with van der Waals surface area (Å²) in [5.74, 6) is 1.01. The number of nitrogens with zero attached hydrogens (tertiary/aromatic N) is 1. The van der Waals surface area contributed by atoms with Crippen molar-refractivity contribution in [3.05, 3.63) is 101 Å². The molecule has 34 heavy (non-hydrogen) atoms. The Kier molecular flexibility index (Phi) is 9.29. The summed E-state index contributed by atoms with van der Waals surface area (Å²) in [6.45, 7) is 10.8. The molecule has 0 radical (unpaired) electrons. The minimum absolute atomic E-state index is 0.251. The van der Waals surface area contributed by atoms with Gasteiger partial charge in [-0.15, -0.1) is 0 Å². The zero-order chi connectivity index (χ0) is 24.5. The van der Waals surface area contributed by atoms with E-state index in [2.05, 4.69) is 69.0 Å². The third kappa shape index (κ3) is 6.71. The molecular formula is C30H37NO3. The third-order valence-electron chi connectivity index (χ3n) is 6.27. The number of benzene rings is 3. The van der Waals surface area contributed by atoms with E-state index in [0.29, 0.717) is 17.6 Å². The summed E-state index contributed by atoms with van der Waals surface area (Å²) in [7, 11) is 1.42. The second-order valence-corrected chi connectivity index (χ2v) is 9.19. The van der Waals surface area contributed by atoms with E-state index in [1.54, 1.807) is 0 Å². The minimum Gasteiger partial charge on any atom is -0.488 e. The fraction of sp³-hybridized carbons (Fsp3) is 0.367. The number of methoxy groups -OCH3 is 1. The van der Waals surface area contributed by atoms with Crippen LogP contribution >= 0.6 is 0 Å². The molecule has 0 saturated carbocycles. The van der Waals surface area contributed by atoms with Crippen molar-refractivity contribution in [2.45, 2.75) is 58.7 Å². The van der Waals surface area contributed by atoms with Gasteiger partial charge in [0, 0.05) is 23.6 Å². The first-order valence-corrected chi connectivity index (χ1v) is 12.1. The molecule has 4 heteroatoms. The molecule has 0 N–H and O–H groups in total. The maximum absolute atomic E-state index is 11.9. The monoisotopic (exact) mass is 459 g/mol. The Hall–Kier alpha value is -3.11. The van der Waals surface area contributed by atoms with Crippen LogP contribution in [0.2, 0.25) is 0 Å². The van der Waals surface area contributed by atoms with Gasteiger partial charge in [-0.3, -0.25) is 4.90 Å². The minimum atomic E-state index is -0.287. The van der Waals surface area contributed by atoms with Crippen LogP contribution in [0.1, 0.15) is 67.1 Å². The van der Waals surface area contributed by atoms with Crippen LogP contribution in [-0.2, 0) is 11.3 Å². The van der Waals surface area contributed by atoms with Gasteiger partial charge in [0.25, 0.3) is 0 Å². The molecule has 0 aromatic heterocycles. The average molecular weight is 460 g/mol. The topological polar surface area (TPSA) is 38.8 Å². The predicted octanol–water partition coefficient (Wildman–Crippen LogP) is 6.69. The molecule has 1 atom stereocenters. The normalized spacial score (nSPS) is 12.8. The van der Waals surface area contributed by atoms with Gasteiger partial charge in [0.2, 0.25) is 0 Å². The number of carbonyl (C=O) groups is 1. The number of esters is 1. The van der Waals surface area contributed by atoms with E-state index in [4.69, 9.17) is 9.47 Å². The molecule has 0 amide bonds. The van der Waals surface area contributed by atoms with Crippen LogP contribution in [0.5, 0.6) is 5.75 Å². The Bertz CT molecular complexity index is 1010. The van der Waals surface area contributed by atoms with E-state index < -0.39 is 0 Å². The van der Waals surface area contributed by atoms with Gasteiger partial charge in [0.05, 0.1) is 12.7 Å². The van der Waals surface area contributed by atoms with Gasteiger partial charge in [-0.2, -0.15) is 0 Å². The standard InChI is InChI=1S/C23H31NO2.C7H6O/c1-17(2)24(18(3)4)15-14-22(19-10-7-6-8-11-19)20-12-9-13-21(16-20)23(25)26-5;1-2-4-7-6(3-1)5-8-7/h6-13,16-18,22H,14-15H2,1-5H3;1-4H,5H2. The van der Waals surface area contributed by atoms with E-state index >= 15 is 0 Å². The lowest BCUT2D eigenvalue weighted by Crippen LogP contribution is -2.38. The lowest BCUT2D eigenvalue weighted by Gasteiger charge is -2.32. The predicted molar refractivity (Wildman–Crippen MR) is 138 cm³/mol. The summed E-state index contributed by atoms with van der Waals surface area (Å²) in [6, 6.07) is 27.5. The molecule has 0 spiro atoms. The Labute approximate surface area is 204 Å². The molecule has 1 aliphatic heterocycles. The molecule has 180 valence electrons. The van der Waals surface area contributed by atoms with Gasteiger partial charge in [0.15, 0.2) is 0 Å². The van der Waals surface area contributed by atoms with Crippen molar-refractivity contribution in [2.24, 2.45) is 0 Å². The van der Waals surface area contributed by atoms with Gasteiger partial charge >= 0.3 is 5.97 Å². The number of hydrogen-bond donors (Lipinski definition) is 0. The highest BCUT2D eigenvalue weighted by atomic mass is 16.5. The summed E-state index contributed by atoms with van der Waals surface area (Å²) in [5.41, 5.74) is 4.37. The van der Waals surface area contributed by atoms with Gasteiger partial charge < -0.3 is 9.47 Å². The highest BCUT2D eigenvalue weighted by Gasteiger charge is 2.20. The number of carbonyl (C=O) groups excluding carboxylic acids is 1. The smallest absolute Gasteiger partial charge is 0.337 e. The first-order chi connectivity index (χ1) is 16.4. The largest absolute Gasteiger partial charge is 0.488 e. The molecule has 0 saturated heterocycles. The van der Waals surface area contributed by atoms with Crippen molar-refractivity contribution >= 4 is 5.97 Å². The number of rotatable bonds is 8. The molecule has 1 heterocycles. The van der Waals surface area contributed by atoms with E-state index in [-0.39, 0.29) is 11.9 Å². The van der Waals surface area contributed by atoms with Crippen LogP contribution in [0.4, 0.5) is 0 Å². The molecule has 0 bridgehead atoms. The highest BCUT2D eigenvalue weighted by molar-refractivity contribution is 5.89.